The molecule has 1 unspecified atom stereocenters. The predicted molar refractivity (Wildman–Crippen MR) is 74.1 cm³/mol. The fraction of sp³-hybridized carbons (Fsp3) is 0.250. The molecule has 2 nitrogen and oxygen atoms in total. The molecule has 0 radical (unpaired) electrons. The average molecular weight is 239 g/mol. The Bertz CT molecular complexity index is 565. The molecule has 1 N–H and O–H groups in total. The molecule has 0 saturated heterocycles. The standard InChI is InChI=1S/C16H17NO/c1-12-7-6-10-14-15(12)17-11-16(2,18-14)13-8-4-3-5-9-13/h3-10,17H,11H2,1-2H3. The number of benzene rings is 2. The summed E-state index contributed by atoms with van der Waals surface area (Å²) in [6.07, 6.45) is 0. The molecule has 2 aromatic carbocycles. The van der Waals surface area contributed by atoms with Crippen molar-refractivity contribution in [1.29, 1.82) is 0 Å². The SMILES string of the molecule is Cc1cccc2c1NCC(C)(c1ccccc1)O2. The van der Waals surface area contributed by atoms with Crippen molar-refractivity contribution < 1.29 is 4.74 Å². The molecule has 0 aromatic heterocycles. The number of hydrogen-bond donors (Lipinski definition) is 1. The Balaban J connectivity index is 2.00. The second-order valence-corrected chi connectivity index (χ2v) is 5.00. The molecule has 0 fully saturated rings. The number of nitrogens with one attached hydrogen (secondary N) is 1. The summed E-state index contributed by atoms with van der Waals surface area (Å²) in [5, 5.41) is 3.49. The van der Waals surface area contributed by atoms with Crippen LogP contribution in [0, 0.1) is 6.92 Å². The Hall–Kier alpha value is -1.96. The molecule has 2 heteroatoms. The van der Waals surface area contributed by atoms with Crippen LogP contribution in [0.1, 0.15) is 18.1 Å². The highest BCUT2D eigenvalue weighted by atomic mass is 16.5. The first-order valence-corrected chi connectivity index (χ1v) is 6.27. The van der Waals surface area contributed by atoms with Gasteiger partial charge < -0.3 is 10.1 Å². The van der Waals surface area contributed by atoms with Crippen LogP contribution in [-0.2, 0) is 5.60 Å². The molecular weight excluding hydrogens is 222 g/mol. The lowest BCUT2D eigenvalue weighted by Gasteiger charge is -2.37. The third-order valence-corrected chi connectivity index (χ3v) is 3.56. The van der Waals surface area contributed by atoms with Crippen LogP contribution in [0.5, 0.6) is 5.75 Å². The Labute approximate surface area is 108 Å². The van der Waals surface area contributed by atoms with E-state index >= 15 is 0 Å². The second-order valence-electron chi connectivity index (χ2n) is 5.00. The van der Waals surface area contributed by atoms with Gasteiger partial charge in [0.2, 0.25) is 0 Å². The van der Waals surface area contributed by atoms with Crippen LogP contribution >= 0.6 is 0 Å². The van der Waals surface area contributed by atoms with Gasteiger partial charge in [-0.2, -0.15) is 0 Å². The minimum atomic E-state index is -0.304. The Morgan fingerprint density at radius 1 is 1.06 bits per heavy atom. The van der Waals surface area contributed by atoms with E-state index in [1.807, 2.05) is 18.2 Å². The molecule has 0 spiro atoms. The fourth-order valence-corrected chi connectivity index (χ4v) is 2.44. The van der Waals surface area contributed by atoms with Crippen LogP contribution in [0.4, 0.5) is 5.69 Å². The Kier molecular flexibility index (Phi) is 2.51. The number of aryl methyl sites for hydroxylation is 1. The summed E-state index contributed by atoms with van der Waals surface area (Å²) in [4.78, 5) is 0. The van der Waals surface area contributed by atoms with Gasteiger partial charge in [-0.05, 0) is 31.0 Å². The van der Waals surface area contributed by atoms with E-state index in [4.69, 9.17) is 4.74 Å². The van der Waals surface area contributed by atoms with Crippen LogP contribution in [0.3, 0.4) is 0 Å². The first-order valence-electron chi connectivity index (χ1n) is 6.27. The molecular formula is C16H17NO. The van der Waals surface area contributed by atoms with Crippen molar-refractivity contribution in [3.8, 4) is 5.75 Å². The molecule has 0 saturated carbocycles. The zero-order valence-corrected chi connectivity index (χ0v) is 10.7. The molecule has 1 aliphatic heterocycles. The quantitative estimate of drug-likeness (QED) is 0.819. The summed E-state index contributed by atoms with van der Waals surface area (Å²) in [5.74, 6) is 0.938. The number of ether oxygens (including phenoxy) is 1. The van der Waals surface area contributed by atoms with Crippen LogP contribution in [0.2, 0.25) is 0 Å². The number of anilines is 1. The van der Waals surface area contributed by atoms with E-state index in [0.29, 0.717) is 0 Å². The van der Waals surface area contributed by atoms with Crippen molar-refractivity contribution in [2.24, 2.45) is 0 Å². The third kappa shape index (κ3) is 1.74. The maximum absolute atomic E-state index is 6.22. The van der Waals surface area contributed by atoms with Gasteiger partial charge in [-0.3, -0.25) is 0 Å². The van der Waals surface area contributed by atoms with Gasteiger partial charge >= 0.3 is 0 Å². The zero-order valence-electron chi connectivity index (χ0n) is 10.7. The number of rotatable bonds is 1. The van der Waals surface area contributed by atoms with Crippen molar-refractivity contribution in [2.45, 2.75) is 19.4 Å². The van der Waals surface area contributed by atoms with E-state index in [0.717, 1.165) is 18.0 Å². The number of hydrogen-bond acceptors (Lipinski definition) is 2. The van der Waals surface area contributed by atoms with Gasteiger partial charge in [-0.25, -0.2) is 0 Å². The molecule has 0 bridgehead atoms. The highest BCUT2D eigenvalue weighted by Gasteiger charge is 2.33. The van der Waals surface area contributed by atoms with Crippen molar-refractivity contribution in [1.82, 2.24) is 0 Å². The van der Waals surface area contributed by atoms with E-state index in [1.54, 1.807) is 0 Å². The van der Waals surface area contributed by atoms with Gasteiger partial charge in [0, 0.05) is 0 Å². The normalized spacial score (nSPS) is 21.7. The van der Waals surface area contributed by atoms with Crippen LogP contribution in [-0.4, -0.2) is 6.54 Å². The summed E-state index contributed by atoms with van der Waals surface area (Å²) < 4.78 is 6.22. The predicted octanol–water partition coefficient (Wildman–Crippen LogP) is 3.71. The lowest BCUT2D eigenvalue weighted by Crippen LogP contribution is -2.40. The largest absolute Gasteiger partial charge is 0.479 e. The lowest BCUT2D eigenvalue weighted by atomic mass is 9.93. The van der Waals surface area contributed by atoms with Crippen molar-refractivity contribution >= 4 is 5.69 Å². The maximum Gasteiger partial charge on any atom is 0.148 e. The van der Waals surface area contributed by atoms with E-state index in [-0.39, 0.29) is 5.60 Å². The lowest BCUT2D eigenvalue weighted by molar-refractivity contribution is 0.0938. The van der Waals surface area contributed by atoms with E-state index < -0.39 is 0 Å². The third-order valence-electron chi connectivity index (χ3n) is 3.56. The summed E-state index contributed by atoms with van der Waals surface area (Å²) in [5.41, 5.74) is 3.24. The highest BCUT2D eigenvalue weighted by Crippen LogP contribution is 2.39. The smallest absolute Gasteiger partial charge is 0.148 e. The molecule has 92 valence electrons. The Morgan fingerprint density at radius 3 is 2.61 bits per heavy atom. The van der Waals surface area contributed by atoms with Gasteiger partial charge in [0.25, 0.3) is 0 Å². The van der Waals surface area contributed by atoms with Crippen LogP contribution < -0.4 is 10.1 Å². The number of fused-ring (bicyclic) bond motifs is 1. The van der Waals surface area contributed by atoms with E-state index in [2.05, 4.69) is 49.5 Å². The molecule has 0 aliphatic carbocycles. The van der Waals surface area contributed by atoms with Crippen molar-refractivity contribution in [3.63, 3.8) is 0 Å². The van der Waals surface area contributed by atoms with Crippen molar-refractivity contribution in [2.75, 3.05) is 11.9 Å². The minimum Gasteiger partial charge on any atom is -0.479 e. The second kappa shape index (κ2) is 4.05. The first kappa shape index (κ1) is 11.1. The van der Waals surface area contributed by atoms with Gasteiger partial charge in [-0.1, -0.05) is 42.5 Å². The first-order chi connectivity index (χ1) is 8.69. The highest BCUT2D eigenvalue weighted by molar-refractivity contribution is 5.63. The molecule has 1 atom stereocenters. The molecule has 2 aromatic rings. The maximum atomic E-state index is 6.22. The zero-order chi connectivity index (χ0) is 12.6. The van der Waals surface area contributed by atoms with Crippen LogP contribution in [0.15, 0.2) is 48.5 Å². The van der Waals surface area contributed by atoms with Gasteiger partial charge in [0.15, 0.2) is 0 Å². The summed E-state index contributed by atoms with van der Waals surface area (Å²) in [6.45, 7) is 5.01. The summed E-state index contributed by atoms with van der Waals surface area (Å²) in [6, 6.07) is 16.5. The van der Waals surface area contributed by atoms with Gasteiger partial charge in [-0.15, -0.1) is 0 Å². The molecule has 18 heavy (non-hydrogen) atoms. The topological polar surface area (TPSA) is 21.3 Å². The molecule has 1 heterocycles. The van der Waals surface area contributed by atoms with Crippen molar-refractivity contribution in [3.05, 3.63) is 59.7 Å². The summed E-state index contributed by atoms with van der Waals surface area (Å²) in [7, 11) is 0. The number of para-hydroxylation sites is 1. The molecule has 0 amide bonds. The minimum absolute atomic E-state index is 0.304. The molecule has 1 aliphatic rings. The van der Waals surface area contributed by atoms with E-state index in [9.17, 15) is 0 Å². The van der Waals surface area contributed by atoms with Crippen LogP contribution in [0.25, 0.3) is 0 Å². The average Bonchev–Trinajstić information content (AvgIpc) is 2.40. The fourth-order valence-electron chi connectivity index (χ4n) is 2.44. The summed E-state index contributed by atoms with van der Waals surface area (Å²) >= 11 is 0. The van der Waals surface area contributed by atoms with Gasteiger partial charge in [0.05, 0.1) is 12.2 Å². The van der Waals surface area contributed by atoms with E-state index in [1.165, 1.54) is 11.1 Å². The molecule has 3 rings (SSSR count). The monoisotopic (exact) mass is 239 g/mol. The van der Waals surface area contributed by atoms with Gasteiger partial charge in [0.1, 0.15) is 11.4 Å². The Morgan fingerprint density at radius 2 is 1.83 bits per heavy atom.